The van der Waals surface area contributed by atoms with Crippen LogP contribution in [0.15, 0.2) is 0 Å². The van der Waals surface area contributed by atoms with Crippen molar-refractivity contribution in [2.45, 2.75) is 25.4 Å². The third-order valence-electron chi connectivity index (χ3n) is 3.50. The summed E-state index contributed by atoms with van der Waals surface area (Å²) >= 11 is 1.49. The molecule has 0 spiro atoms. The number of aliphatic carboxylic acids is 1. The molecule has 3 unspecified atom stereocenters. The van der Waals surface area contributed by atoms with Gasteiger partial charge in [0.1, 0.15) is 6.04 Å². The Balaban J connectivity index is 1.99. The summed E-state index contributed by atoms with van der Waals surface area (Å²) < 4.78 is 5.38. The number of thioether (sulfide) groups is 1. The van der Waals surface area contributed by atoms with E-state index in [1.54, 1.807) is 0 Å². The molecule has 6 nitrogen and oxygen atoms in total. The summed E-state index contributed by atoms with van der Waals surface area (Å²) in [5, 5.41) is 12.4. The second-order valence-electron chi connectivity index (χ2n) is 4.87. The predicted octanol–water partition coefficient (Wildman–Crippen LogP) is -0.0129. The van der Waals surface area contributed by atoms with Crippen LogP contribution in [0, 0.1) is 5.92 Å². The van der Waals surface area contributed by atoms with Crippen molar-refractivity contribution in [1.82, 2.24) is 10.2 Å². The van der Waals surface area contributed by atoms with E-state index in [9.17, 15) is 9.59 Å². The first kappa shape index (κ1) is 14.6. The average molecular weight is 288 g/mol. The van der Waals surface area contributed by atoms with Gasteiger partial charge in [0.2, 0.25) is 5.91 Å². The molecular weight excluding hydrogens is 268 g/mol. The van der Waals surface area contributed by atoms with Crippen molar-refractivity contribution in [2.75, 3.05) is 31.4 Å². The first-order chi connectivity index (χ1) is 9.15. The van der Waals surface area contributed by atoms with E-state index in [4.69, 9.17) is 9.84 Å². The minimum atomic E-state index is -0.921. The Kier molecular flexibility index (Phi) is 5.06. The van der Waals surface area contributed by atoms with Gasteiger partial charge in [0.25, 0.3) is 0 Å². The largest absolute Gasteiger partial charge is 0.480 e. The van der Waals surface area contributed by atoms with Gasteiger partial charge in [0, 0.05) is 11.8 Å². The Bertz CT molecular complexity index is 353. The summed E-state index contributed by atoms with van der Waals surface area (Å²) in [7, 11) is 0. The molecule has 2 aliphatic heterocycles. The molecule has 1 amide bonds. The monoisotopic (exact) mass is 288 g/mol. The maximum atomic E-state index is 12.5. The predicted molar refractivity (Wildman–Crippen MR) is 72.0 cm³/mol. The van der Waals surface area contributed by atoms with Crippen molar-refractivity contribution < 1.29 is 19.4 Å². The summed E-state index contributed by atoms with van der Waals surface area (Å²) in [5.41, 5.74) is 0. The van der Waals surface area contributed by atoms with Gasteiger partial charge in [-0.3, -0.25) is 4.79 Å². The maximum absolute atomic E-state index is 12.5. The highest BCUT2D eigenvalue weighted by atomic mass is 32.2. The molecule has 2 rings (SSSR count). The van der Waals surface area contributed by atoms with Crippen LogP contribution < -0.4 is 5.32 Å². The second kappa shape index (κ2) is 6.58. The molecule has 108 valence electrons. The Morgan fingerprint density at radius 2 is 2.26 bits per heavy atom. The number of hydrogen-bond acceptors (Lipinski definition) is 5. The van der Waals surface area contributed by atoms with E-state index in [0.29, 0.717) is 24.8 Å². The molecule has 0 bridgehead atoms. The number of carbonyl (C=O) groups is 2. The lowest BCUT2D eigenvalue weighted by molar-refractivity contribution is -0.149. The smallest absolute Gasteiger partial charge is 0.327 e. The summed E-state index contributed by atoms with van der Waals surface area (Å²) in [6.45, 7) is 3.81. The van der Waals surface area contributed by atoms with Crippen LogP contribution in [0.5, 0.6) is 0 Å². The number of carboxylic acid groups (broad SMARTS) is 1. The van der Waals surface area contributed by atoms with E-state index in [-0.39, 0.29) is 17.9 Å². The van der Waals surface area contributed by atoms with Gasteiger partial charge in [-0.05, 0) is 13.0 Å². The van der Waals surface area contributed by atoms with E-state index in [1.807, 2.05) is 0 Å². The van der Waals surface area contributed by atoms with Gasteiger partial charge >= 0.3 is 5.97 Å². The molecule has 0 radical (unpaired) electrons. The van der Waals surface area contributed by atoms with Crippen molar-refractivity contribution >= 4 is 23.6 Å². The zero-order chi connectivity index (χ0) is 13.8. The Morgan fingerprint density at radius 3 is 2.95 bits per heavy atom. The highest BCUT2D eigenvalue weighted by Crippen LogP contribution is 2.26. The Hall–Kier alpha value is -0.790. The number of carboxylic acids is 1. The third kappa shape index (κ3) is 3.21. The van der Waals surface area contributed by atoms with Crippen molar-refractivity contribution in [3.63, 3.8) is 0 Å². The van der Waals surface area contributed by atoms with E-state index < -0.39 is 12.0 Å². The lowest BCUT2D eigenvalue weighted by Crippen LogP contribution is -2.49. The van der Waals surface area contributed by atoms with Crippen molar-refractivity contribution in [2.24, 2.45) is 5.92 Å². The molecule has 7 heteroatoms. The summed E-state index contributed by atoms with van der Waals surface area (Å²) in [4.78, 5) is 25.1. The van der Waals surface area contributed by atoms with E-state index in [2.05, 4.69) is 12.2 Å². The minimum absolute atomic E-state index is 0.00694. The number of ether oxygens (including phenoxy) is 1. The highest BCUT2D eigenvalue weighted by molar-refractivity contribution is 7.99. The molecule has 0 aliphatic carbocycles. The van der Waals surface area contributed by atoms with Crippen LogP contribution >= 0.6 is 11.8 Å². The molecule has 3 atom stereocenters. The SMILES string of the molecule is CCCNC1COCC1C(=O)N1CSCC1C(=O)O. The van der Waals surface area contributed by atoms with Gasteiger partial charge in [-0.15, -0.1) is 11.8 Å². The van der Waals surface area contributed by atoms with Crippen LogP contribution in [0.4, 0.5) is 0 Å². The molecule has 0 aromatic heterocycles. The van der Waals surface area contributed by atoms with Crippen LogP contribution in [0.2, 0.25) is 0 Å². The fourth-order valence-electron chi connectivity index (χ4n) is 2.41. The van der Waals surface area contributed by atoms with Gasteiger partial charge in [-0.25, -0.2) is 4.79 Å². The molecule has 0 aromatic carbocycles. The summed E-state index contributed by atoms with van der Waals surface area (Å²) in [5.74, 6) is -0.333. The molecule has 2 aliphatic rings. The summed E-state index contributed by atoms with van der Waals surface area (Å²) in [6.07, 6.45) is 0.995. The van der Waals surface area contributed by atoms with Gasteiger partial charge in [0.05, 0.1) is 25.0 Å². The quantitative estimate of drug-likeness (QED) is 0.740. The van der Waals surface area contributed by atoms with Crippen molar-refractivity contribution in [1.29, 1.82) is 0 Å². The molecular formula is C12H20N2O4S. The first-order valence-corrected chi connectivity index (χ1v) is 7.72. The topological polar surface area (TPSA) is 78.9 Å². The first-order valence-electron chi connectivity index (χ1n) is 6.57. The summed E-state index contributed by atoms with van der Waals surface area (Å²) in [6, 6.07) is -0.683. The van der Waals surface area contributed by atoms with Crippen LogP contribution in [0.25, 0.3) is 0 Å². The van der Waals surface area contributed by atoms with E-state index in [0.717, 1.165) is 13.0 Å². The van der Waals surface area contributed by atoms with E-state index in [1.165, 1.54) is 16.7 Å². The standard InChI is InChI=1S/C12H20N2O4S/c1-2-3-13-9-5-18-4-8(9)11(15)14-7-19-6-10(14)12(16)17/h8-10,13H,2-7H2,1H3,(H,16,17). The fraction of sp³-hybridized carbons (Fsp3) is 0.833. The van der Waals surface area contributed by atoms with Crippen molar-refractivity contribution in [3.05, 3.63) is 0 Å². The number of amides is 1. The zero-order valence-corrected chi connectivity index (χ0v) is 11.8. The number of nitrogens with zero attached hydrogens (tertiary/aromatic N) is 1. The normalized spacial score (nSPS) is 30.8. The molecule has 2 N–H and O–H groups in total. The third-order valence-corrected chi connectivity index (χ3v) is 4.52. The molecule has 19 heavy (non-hydrogen) atoms. The lowest BCUT2D eigenvalue weighted by Gasteiger charge is -2.26. The zero-order valence-electron chi connectivity index (χ0n) is 11.0. The molecule has 2 saturated heterocycles. The molecule has 2 fully saturated rings. The highest BCUT2D eigenvalue weighted by Gasteiger charge is 2.42. The number of rotatable bonds is 5. The van der Waals surface area contributed by atoms with Gasteiger partial charge in [-0.1, -0.05) is 6.92 Å². The van der Waals surface area contributed by atoms with E-state index >= 15 is 0 Å². The number of nitrogens with one attached hydrogen (secondary N) is 1. The fourth-order valence-corrected chi connectivity index (χ4v) is 3.56. The van der Waals surface area contributed by atoms with Crippen LogP contribution in [0.3, 0.4) is 0 Å². The minimum Gasteiger partial charge on any atom is -0.480 e. The van der Waals surface area contributed by atoms with Gasteiger partial charge in [-0.2, -0.15) is 0 Å². The number of carbonyl (C=O) groups excluding carboxylic acids is 1. The van der Waals surface area contributed by atoms with Crippen LogP contribution in [-0.4, -0.2) is 65.4 Å². The van der Waals surface area contributed by atoms with Crippen molar-refractivity contribution in [3.8, 4) is 0 Å². The maximum Gasteiger partial charge on any atom is 0.327 e. The van der Waals surface area contributed by atoms with Gasteiger partial charge < -0.3 is 20.1 Å². The molecule has 2 heterocycles. The Morgan fingerprint density at radius 1 is 1.47 bits per heavy atom. The molecule has 0 aromatic rings. The van der Waals surface area contributed by atoms with Gasteiger partial charge in [0.15, 0.2) is 0 Å². The average Bonchev–Trinajstić information content (AvgIpc) is 3.04. The van der Waals surface area contributed by atoms with Crippen LogP contribution in [0.1, 0.15) is 13.3 Å². The Labute approximate surface area is 116 Å². The number of hydrogen-bond donors (Lipinski definition) is 2. The van der Waals surface area contributed by atoms with Crippen LogP contribution in [-0.2, 0) is 14.3 Å². The lowest BCUT2D eigenvalue weighted by atomic mass is 10.0. The second-order valence-corrected chi connectivity index (χ2v) is 5.87. The molecule has 0 saturated carbocycles.